The monoisotopic (exact) mass is 537 g/mol. The highest BCUT2D eigenvalue weighted by molar-refractivity contribution is 9.10. The number of benzene rings is 1. The molecule has 11 heteroatoms. The predicted octanol–water partition coefficient (Wildman–Crippen LogP) is 3.40. The summed E-state index contributed by atoms with van der Waals surface area (Å²) in [6.45, 7) is 1.57. The van der Waals surface area contributed by atoms with Gasteiger partial charge in [0.05, 0.1) is 10.9 Å². The van der Waals surface area contributed by atoms with Gasteiger partial charge in [-0.15, -0.1) is 0 Å². The Morgan fingerprint density at radius 2 is 2.09 bits per heavy atom. The standard InChI is InChI=1S/C24H21BrFN7O2/c1-11-5-13-16(8-14(11)26)32(23-21(13)22(27)28-10-29-23)9-20(34)33-15-6-12(15)7-17(33)24(35)31-19-4-2-3-18(25)30-19/h2-5,8,10,12,15,17H,6-7,9H2,1H3,(H2,27,28,29)(H,30,31,35)/t12?,15-,17+/m1/s1. The van der Waals surface area contributed by atoms with Gasteiger partial charge in [-0.2, -0.15) is 0 Å². The van der Waals surface area contributed by atoms with Crippen LogP contribution in [0.25, 0.3) is 21.9 Å². The van der Waals surface area contributed by atoms with E-state index in [1.807, 2.05) is 0 Å². The van der Waals surface area contributed by atoms with Crippen LogP contribution in [0.2, 0.25) is 0 Å². The molecule has 1 saturated carbocycles. The van der Waals surface area contributed by atoms with Crippen LogP contribution in [0.3, 0.4) is 0 Å². The van der Waals surface area contributed by atoms with Crippen LogP contribution in [0.5, 0.6) is 0 Å². The fourth-order valence-corrected chi connectivity index (χ4v) is 5.52. The Labute approximate surface area is 207 Å². The van der Waals surface area contributed by atoms with E-state index in [1.165, 1.54) is 12.4 Å². The van der Waals surface area contributed by atoms with E-state index in [2.05, 4.69) is 36.2 Å². The van der Waals surface area contributed by atoms with Crippen LogP contribution < -0.4 is 11.1 Å². The molecule has 2 aliphatic rings. The smallest absolute Gasteiger partial charge is 0.248 e. The van der Waals surface area contributed by atoms with Crippen molar-refractivity contribution >= 4 is 61.3 Å². The first-order valence-electron chi connectivity index (χ1n) is 11.2. The summed E-state index contributed by atoms with van der Waals surface area (Å²) in [7, 11) is 0. The number of amides is 2. The highest BCUT2D eigenvalue weighted by atomic mass is 79.9. The third kappa shape index (κ3) is 3.61. The highest BCUT2D eigenvalue weighted by Crippen LogP contribution is 2.48. The van der Waals surface area contributed by atoms with Gasteiger partial charge in [0.25, 0.3) is 0 Å². The van der Waals surface area contributed by atoms with Crippen molar-refractivity contribution in [1.82, 2.24) is 24.4 Å². The van der Waals surface area contributed by atoms with E-state index in [9.17, 15) is 14.0 Å². The lowest BCUT2D eigenvalue weighted by Crippen LogP contribution is -2.46. The molecule has 3 atom stereocenters. The zero-order chi connectivity index (χ0) is 24.4. The summed E-state index contributed by atoms with van der Waals surface area (Å²) < 4.78 is 16.8. The van der Waals surface area contributed by atoms with E-state index in [0.717, 1.165) is 6.42 Å². The topological polar surface area (TPSA) is 119 Å². The molecule has 1 saturated heterocycles. The quantitative estimate of drug-likeness (QED) is 0.385. The van der Waals surface area contributed by atoms with Crippen molar-refractivity contribution in [3.8, 4) is 0 Å². The molecule has 3 aromatic heterocycles. The Bertz CT molecular complexity index is 1540. The maximum atomic E-state index is 14.5. The second-order valence-corrected chi connectivity index (χ2v) is 9.93. The number of carbonyl (C=O) groups excluding carboxylic acids is 2. The number of piperidine rings is 1. The molecule has 1 aromatic carbocycles. The normalized spacial score (nSPS) is 20.9. The Morgan fingerprint density at radius 1 is 1.26 bits per heavy atom. The molecule has 1 aliphatic carbocycles. The van der Waals surface area contributed by atoms with Gasteiger partial charge in [-0.1, -0.05) is 6.07 Å². The third-order valence-corrected chi connectivity index (χ3v) is 7.35. The van der Waals surface area contributed by atoms with Crippen LogP contribution in [-0.4, -0.2) is 48.3 Å². The van der Waals surface area contributed by atoms with Crippen molar-refractivity contribution in [2.24, 2.45) is 5.92 Å². The summed E-state index contributed by atoms with van der Waals surface area (Å²) >= 11 is 3.30. The minimum absolute atomic E-state index is 0.0282. The molecule has 0 radical (unpaired) electrons. The molecule has 6 rings (SSSR count). The van der Waals surface area contributed by atoms with Crippen LogP contribution >= 0.6 is 15.9 Å². The van der Waals surface area contributed by atoms with Crippen LogP contribution in [0.15, 0.2) is 41.3 Å². The zero-order valence-corrected chi connectivity index (χ0v) is 20.3. The van der Waals surface area contributed by atoms with E-state index >= 15 is 0 Å². The van der Waals surface area contributed by atoms with Crippen LogP contribution in [0.4, 0.5) is 16.0 Å². The number of hydrogen-bond acceptors (Lipinski definition) is 6. The van der Waals surface area contributed by atoms with E-state index in [-0.39, 0.29) is 36.0 Å². The molecular weight excluding hydrogens is 517 g/mol. The first kappa shape index (κ1) is 21.9. The number of rotatable bonds is 4. The molecule has 2 fully saturated rings. The van der Waals surface area contributed by atoms with Crippen LogP contribution in [-0.2, 0) is 16.1 Å². The lowest BCUT2D eigenvalue weighted by molar-refractivity contribution is -0.138. The number of carbonyl (C=O) groups is 2. The molecule has 9 nitrogen and oxygen atoms in total. The Balaban J connectivity index is 1.34. The van der Waals surface area contributed by atoms with Gasteiger partial charge in [0.1, 0.15) is 46.6 Å². The molecule has 4 heterocycles. The van der Waals surface area contributed by atoms with Gasteiger partial charge in [0.15, 0.2) is 0 Å². The summed E-state index contributed by atoms with van der Waals surface area (Å²) in [5.41, 5.74) is 7.56. The first-order chi connectivity index (χ1) is 16.8. The van der Waals surface area contributed by atoms with E-state index in [4.69, 9.17) is 5.73 Å². The highest BCUT2D eigenvalue weighted by Gasteiger charge is 2.56. The lowest BCUT2D eigenvalue weighted by Gasteiger charge is -2.27. The van der Waals surface area contributed by atoms with Gasteiger partial charge in [-0.25, -0.2) is 19.3 Å². The van der Waals surface area contributed by atoms with Gasteiger partial charge in [0, 0.05) is 11.4 Å². The van der Waals surface area contributed by atoms with Crippen molar-refractivity contribution in [2.45, 2.75) is 38.4 Å². The van der Waals surface area contributed by atoms with Gasteiger partial charge >= 0.3 is 0 Å². The Hall–Kier alpha value is -3.60. The largest absolute Gasteiger partial charge is 0.383 e. The molecule has 0 spiro atoms. The number of pyridine rings is 1. The number of nitrogens with one attached hydrogen (secondary N) is 1. The fourth-order valence-electron chi connectivity index (χ4n) is 5.17. The molecule has 35 heavy (non-hydrogen) atoms. The Morgan fingerprint density at radius 3 is 2.89 bits per heavy atom. The summed E-state index contributed by atoms with van der Waals surface area (Å²) in [6, 6.07) is 7.76. The van der Waals surface area contributed by atoms with Gasteiger partial charge in [-0.05, 0) is 71.4 Å². The van der Waals surface area contributed by atoms with E-state index in [0.29, 0.717) is 50.3 Å². The molecule has 178 valence electrons. The maximum absolute atomic E-state index is 14.5. The Kier molecular flexibility index (Phi) is 4.99. The second kappa shape index (κ2) is 7.98. The molecule has 3 N–H and O–H groups in total. The van der Waals surface area contributed by atoms with Crippen molar-refractivity contribution in [1.29, 1.82) is 0 Å². The average molecular weight is 538 g/mol. The minimum Gasteiger partial charge on any atom is -0.383 e. The summed E-state index contributed by atoms with van der Waals surface area (Å²) in [6.07, 6.45) is 2.81. The van der Waals surface area contributed by atoms with Gasteiger partial charge < -0.3 is 20.5 Å². The predicted molar refractivity (Wildman–Crippen MR) is 132 cm³/mol. The molecule has 0 bridgehead atoms. The van der Waals surface area contributed by atoms with E-state index in [1.54, 1.807) is 40.7 Å². The molecule has 1 aliphatic heterocycles. The van der Waals surface area contributed by atoms with Crippen molar-refractivity contribution < 1.29 is 14.0 Å². The second-order valence-electron chi connectivity index (χ2n) is 9.11. The average Bonchev–Trinajstić information content (AvgIpc) is 3.37. The van der Waals surface area contributed by atoms with Gasteiger partial charge in [-0.3, -0.25) is 9.59 Å². The van der Waals surface area contributed by atoms with Crippen LogP contribution in [0, 0.1) is 18.7 Å². The number of nitrogens with zero attached hydrogens (tertiary/aromatic N) is 5. The van der Waals surface area contributed by atoms with Crippen molar-refractivity contribution in [2.75, 3.05) is 11.1 Å². The summed E-state index contributed by atoms with van der Waals surface area (Å²) in [4.78, 5) is 41.1. The minimum atomic E-state index is -0.598. The number of hydrogen-bond donors (Lipinski definition) is 2. The molecular formula is C24H21BrFN7O2. The number of fused-ring (bicyclic) bond motifs is 4. The maximum Gasteiger partial charge on any atom is 0.248 e. The van der Waals surface area contributed by atoms with Gasteiger partial charge in [0.2, 0.25) is 11.8 Å². The fraction of sp³-hybridized carbons (Fsp3) is 0.292. The number of nitrogens with two attached hydrogens (primary N) is 1. The zero-order valence-electron chi connectivity index (χ0n) is 18.7. The molecule has 1 unspecified atom stereocenters. The van der Waals surface area contributed by atoms with Crippen molar-refractivity contribution in [3.05, 3.63) is 52.6 Å². The number of aromatic nitrogens is 4. The summed E-state index contributed by atoms with van der Waals surface area (Å²) in [5, 5.41) is 4.09. The van der Waals surface area contributed by atoms with Crippen molar-refractivity contribution in [3.63, 3.8) is 0 Å². The molecule has 2 amide bonds. The number of aryl methyl sites for hydroxylation is 1. The number of nitrogen functional groups attached to an aromatic ring is 1. The first-order valence-corrected chi connectivity index (χ1v) is 12.0. The number of halogens is 2. The lowest BCUT2D eigenvalue weighted by atomic mass is 10.1. The summed E-state index contributed by atoms with van der Waals surface area (Å²) in [5.74, 6) is 0.0993. The third-order valence-electron chi connectivity index (χ3n) is 6.90. The molecule has 4 aromatic rings. The SMILES string of the molecule is Cc1cc2c3c(N)ncnc3n(CC(=O)N3[C@@H]4CC4C[C@H]3C(=O)Nc3cccc(Br)n3)c2cc1F. The number of anilines is 2. The van der Waals surface area contributed by atoms with E-state index < -0.39 is 6.04 Å². The number of likely N-dealkylation sites (tertiary alicyclic amines) is 1. The van der Waals surface area contributed by atoms with Crippen LogP contribution in [0.1, 0.15) is 18.4 Å².